The van der Waals surface area contributed by atoms with Gasteiger partial charge in [-0.05, 0) is 79.3 Å². The first kappa shape index (κ1) is 28.4. The Morgan fingerprint density at radius 1 is 1.11 bits per heavy atom. The molecular weight excluding hydrogens is 493 g/mol. The number of nitrogen functional groups attached to an aromatic ring is 1. The highest BCUT2D eigenvalue weighted by atomic mass is 35.5. The summed E-state index contributed by atoms with van der Waals surface area (Å²) in [5, 5.41) is 0.492. The molecule has 3 nitrogen and oxygen atoms in total. The summed E-state index contributed by atoms with van der Waals surface area (Å²) in [4.78, 5) is 7.09. The number of anilines is 2. The molecule has 5 heteroatoms. The second kappa shape index (κ2) is 13.0. The number of pyridine rings is 1. The molecule has 0 aliphatic carbocycles. The highest BCUT2D eigenvalue weighted by molar-refractivity contribution is 6.32. The lowest BCUT2D eigenvalue weighted by Crippen LogP contribution is -2.30. The monoisotopic (exact) mass is 535 g/mol. The first-order valence-electron chi connectivity index (χ1n) is 14.3. The molecule has 1 aliphatic rings. The molecule has 38 heavy (non-hydrogen) atoms. The van der Waals surface area contributed by atoms with Crippen molar-refractivity contribution in [1.82, 2.24) is 4.98 Å². The Labute approximate surface area is 233 Å². The standard InChI is InChI=1S/C33H43ClFN3/c1-5-6-7-9-22(2)18-28-10-8-17-38(28)27-14-12-25(13-15-27)29-21-37-20-26(33(29)36)19-24(4)31-30(35)16-11-23(3)32(31)34/h11-16,20-22,24,28H,5-10,17-19H2,1-4H3,(H2,36,37). The third kappa shape index (κ3) is 6.51. The van der Waals surface area contributed by atoms with Crippen molar-refractivity contribution < 1.29 is 4.39 Å². The van der Waals surface area contributed by atoms with Gasteiger partial charge in [0.1, 0.15) is 5.82 Å². The first-order valence-corrected chi connectivity index (χ1v) is 14.7. The van der Waals surface area contributed by atoms with Crippen LogP contribution in [0.25, 0.3) is 11.1 Å². The number of nitrogens with two attached hydrogens (primary N) is 1. The number of nitrogens with zero attached hydrogens (tertiary/aromatic N) is 2. The van der Waals surface area contributed by atoms with E-state index in [1.165, 1.54) is 56.7 Å². The quantitative estimate of drug-likeness (QED) is 0.249. The number of rotatable bonds is 11. The van der Waals surface area contributed by atoms with Gasteiger partial charge in [-0.25, -0.2) is 4.39 Å². The van der Waals surface area contributed by atoms with Gasteiger partial charge in [-0.3, -0.25) is 4.98 Å². The molecule has 204 valence electrons. The Morgan fingerprint density at radius 2 is 1.87 bits per heavy atom. The van der Waals surface area contributed by atoms with Gasteiger partial charge in [0.25, 0.3) is 0 Å². The maximum atomic E-state index is 14.6. The molecule has 0 spiro atoms. The van der Waals surface area contributed by atoms with Gasteiger partial charge in [-0.15, -0.1) is 0 Å². The third-order valence-corrected chi connectivity index (χ3v) is 8.77. The normalized spacial score (nSPS) is 17.1. The molecule has 2 heterocycles. The molecule has 0 radical (unpaired) electrons. The fourth-order valence-electron chi connectivity index (χ4n) is 6.05. The minimum Gasteiger partial charge on any atom is -0.398 e. The molecule has 2 aromatic carbocycles. The minimum absolute atomic E-state index is 0.124. The fraction of sp³-hybridized carbons (Fsp3) is 0.485. The molecule has 3 unspecified atom stereocenters. The molecule has 3 atom stereocenters. The van der Waals surface area contributed by atoms with Crippen LogP contribution in [-0.4, -0.2) is 17.6 Å². The van der Waals surface area contributed by atoms with Crippen LogP contribution in [0.5, 0.6) is 0 Å². The zero-order valence-electron chi connectivity index (χ0n) is 23.4. The summed E-state index contributed by atoms with van der Waals surface area (Å²) in [6.45, 7) is 9.70. The summed E-state index contributed by atoms with van der Waals surface area (Å²) >= 11 is 6.47. The van der Waals surface area contributed by atoms with Gasteiger partial charge in [0.15, 0.2) is 0 Å². The molecule has 2 N–H and O–H groups in total. The number of unbranched alkanes of at least 4 members (excludes halogenated alkanes) is 2. The fourth-order valence-corrected chi connectivity index (χ4v) is 6.39. The Hall–Kier alpha value is -2.59. The van der Waals surface area contributed by atoms with E-state index in [4.69, 9.17) is 17.3 Å². The topological polar surface area (TPSA) is 42.2 Å². The molecule has 1 saturated heterocycles. The largest absolute Gasteiger partial charge is 0.398 e. The van der Waals surface area contributed by atoms with E-state index in [0.717, 1.165) is 34.7 Å². The summed E-state index contributed by atoms with van der Waals surface area (Å²) < 4.78 is 14.6. The predicted molar refractivity (Wildman–Crippen MR) is 161 cm³/mol. The average molecular weight is 536 g/mol. The van der Waals surface area contributed by atoms with Crippen molar-refractivity contribution in [1.29, 1.82) is 0 Å². The summed E-state index contributed by atoms with van der Waals surface area (Å²) in [7, 11) is 0. The maximum Gasteiger partial charge on any atom is 0.128 e. The van der Waals surface area contributed by atoms with Crippen molar-refractivity contribution in [2.24, 2.45) is 5.92 Å². The van der Waals surface area contributed by atoms with Crippen LogP contribution in [0.4, 0.5) is 15.8 Å². The van der Waals surface area contributed by atoms with E-state index in [0.29, 0.717) is 28.7 Å². The molecule has 3 aromatic rings. The Morgan fingerprint density at radius 3 is 2.61 bits per heavy atom. The van der Waals surface area contributed by atoms with Crippen LogP contribution in [-0.2, 0) is 6.42 Å². The lowest BCUT2D eigenvalue weighted by Gasteiger charge is -2.29. The van der Waals surface area contributed by atoms with Crippen LogP contribution in [0.1, 0.15) is 88.3 Å². The summed E-state index contributed by atoms with van der Waals surface area (Å²) in [6, 6.07) is 12.6. The second-order valence-corrected chi connectivity index (χ2v) is 11.7. The van der Waals surface area contributed by atoms with Gasteiger partial charge in [-0.2, -0.15) is 0 Å². The van der Waals surface area contributed by atoms with Crippen LogP contribution in [0.15, 0.2) is 48.8 Å². The molecule has 0 amide bonds. The molecule has 1 fully saturated rings. The number of hydrogen-bond acceptors (Lipinski definition) is 3. The minimum atomic E-state index is -0.276. The third-order valence-electron chi connectivity index (χ3n) is 8.27. The van der Waals surface area contributed by atoms with E-state index < -0.39 is 0 Å². The molecule has 4 rings (SSSR count). The van der Waals surface area contributed by atoms with Crippen molar-refractivity contribution in [2.45, 2.75) is 91.0 Å². The lowest BCUT2D eigenvalue weighted by molar-refractivity contribution is 0.419. The Balaban J connectivity index is 1.48. The number of aromatic nitrogens is 1. The van der Waals surface area contributed by atoms with Crippen LogP contribution >= 0.6 is 11.6 Å². The summed E-state index contributed by atoms with van der Waals surface area (Å²) in [5.74, 6) is 0.369. The smallest absolute Gasteiger partial charge is 0.128 e. The van der Waals surface area contributed by atoms with Crippen molar-refractivity contribution in [3.05, 3.63) is 76.3 Å². The predicted octanol–water partition coefficient (Wildman–Crippen LogP) is 9.35. The van der Waals surface area contributed by atoms with Gasteiger partial charge in [0, 0.05) is 52.5 Å². The Bertz CT molecular complexity index is 1210. The number of benzene rings is 2. The highest BCUT2D eigenvalue weighted by Gasteiger charge is 2.26. The zero-order valence-corrected chi connectivity index (χ0v) is 24.2. The average Bonchev–Trinajstić information content (AvgIpc) is 3.36. The maximum absolute atomic E-state index is 14.6. The van der Waals surface area contributed by atoms with E-state index >= 15 is 0 Å². The molecule has 0 saturated carbocycles. The van der Waals surface area contributed by atoms with Crippen molar-refractivity contribution >= 4 is 23.0 Å². The van der Waals surface area contributed by atoms with Crippen LogP contribution in [0.2, 0.25) is 5.02 Å². The summed E-state index contributed by atoms with van der Waals surface area (Å²) in [5.41, 5.74) is 12.9. The van der Waals surface area contributed by atoms with Gasteiger partial charge >= 0.3 is 0 Å². The van der Waals surface area contributed by atoms with Crippen molar-refractivity contribution in [3.8, 4) is 11.1 Å². The molecular formula is C33H43ClFN3. The SMILES string of the molecule is CCCCCC(C)CC1CCCN1c1ccc(-c2cncc(CC(C)c3c(F)ccc(C)c3Cl)c2N)cc1. The van der Waals surface area contributed by atoms with Crippen LogP contribution < -0.4 is 10.6 Å². The van der Waals surface area contributed by atoms with E-state index in [2.05, 4.69) is 48.0 Å². The van der Waals surface area contributed by atoms with Gasteiger partial charge < -0.3 is 10.6 Å². The van der Waals surface area contributed by atoms with Crippen LogP contribution in [0, 0.1) is 18.7 Å². The number of hydrogen-bond donors (Lipinski definition) is 1. The number of halogens is 2. The number of aryl methyl sites for hydroxylation is 1. The van der Waals surface area contributed by atoms with Gasteiger partial charge in [-0.1, -0.05) is 76.3 Å². The molecule has 1 aromatic heterocycles. The van der Waals surface area contributed by atoms with Crippen molar-refractivity contribution in [3.63, 3.8) is 0 Å². The van der Waals surface area contributed by atoms with Crippen molar-refractivity contribution in [2.75, 3.05) is 17.2 Å². The molecule has 1 aliphatic heterocycles. The highest BCUT2D eigenvalue weighted by Crippen LogP contribution is 2.36. The van der Waals surface area contributed by atoms with Gasteiger partial charge in [0.05, 0.1) is 0 Å². The van der Waals surface area contributed by atoms with E-state index in [9.17, 15) is 4.39 Å². The Kier molecular flexibility index (Phi) is 9.70. The van der Waals surface area contributed by atoms with Gasteiger partial charge in [0.2, 0.25) is 0 Å². The van der Waals surface area contributed by atoms with E-state index in [1.54, 1.807) is 12.3 Å². The summed E-state index contributed by atoms with van der Waals surface area (Å²) in [6.07, 6.45) is 13.3. The lowest BCUT2D eigenvalue weighted by atomic mass is 9.91. The zero-order chi connectivity index (χ0) is 27.2. The van der Waals surface area contributed by atoms with Crippen LogP contribution in [0.3, 0.4) is 0 Å². The first-order chi connectivity index (χ1) is 18.3. The van der Waals surface area contributed by atoms with E-state index in [1.807, 2.05) is 20.0 Å². The van der Waals surface area contributed by atoms with E-state index in [-0.39, 0.29) is 11.7 Å². The molecule has 0 bridgehead atoms. The second-order valence-electron chi connectivity index (χ2n) is 11.3.